The van der Waals surface area contributed by atoms with Crippen molar-refractivity contribution >= 4 is 15.9 Å². The molecule has 0 aliphatic carbocycles. The highest BCUT2D eigenvalue weighted by Gasteiger charge is 2.37. The molecule has 30 heavy (non-hydrogen) atoms. The first kappa shape index (κ1) is 23.2. The largest absolute Gasteiger partial charge is 0.379 e. The van der Waals surface area contributed by atoms with Crippen molar-refractivity contribution in [1.82, 2.24) is 14.5 Å². The van der Waals surface area contributed by atoms with Gasteiger partial charge in [-0.25, -0.2) is 8.42 Å². The molecule has 1 amide bonds. The summed E-state index contributed by atoms with van der Waals surface area (Å²) >= 11 is 0. The van der Waals surface area contributed by atoms with Gasteiger partial charge < -0.3 is 10.1 Å². The number of ether oxygens (including phenoxy) is 1. The zero-order valence-electron chi connectivity index (χ0n) is 18.1. The second-order valence-corrected chi connectivity index (χ2v) is 10.5. The normalized spacial score (nSPS) is 22.7. The zero-order chi connectivity index (χ0) is 21.6. The molecule has 8 heteroatoms. The minimum atomic E-state index is -3.69. The number of amides is 1. The number of morpholine rings is 1. The minimum Gasteiger partial charge on any atom is -0.379 e. The molecule has 2 aliphatic rings. The van der Waals surface area contributed by atoms with Crippen molar-refractivity contribution in [1.29, 1.82) is 0 Å². The molecule has 2 heterocycles. The molecule has 2 unspecified atom stereocenters. The lowest BCUT2D eigenvalue weighted by Crippen LogP contribution is -2.55. The first-order chi connectivity index (χ1) is 14.4. The molecule has 3 rings (SSSR count). The van der Waals surface area contributed by atoms with E-state index in [0.717, 1.165) is 32.4 Å². The van der Waals surface area contributed by atoms with Crippen LogP contribution in [0.2, 0.25) is 0 Å². The van der Waals surface area contributed by atoms with Crippen molar-refractivity contribution in [2.45, 2.75) is 56.5 Å². The number of carbonyl (C=O) groups is 1. The highest BCUT2D eigenvalue weighted by atomic mass is 32.2. The fourth-order valence-corrected chi connectivity index (χ4v) is 6.04. The lowest BCUT2D eigenvalue weighted by Gasteiger charge is -2.37. The SMILES string of the molecule is CC(C)CC(CNC(=O)C1CCCCN1S(=O)(=O)c1ccccc1)N1CCOCC1. The lowest BCUT2D eigenvalue weighted by molar-refractivity contribution is -0.126. The molecule has 2 aliphatic heterocycles. The maximum Gasteiger partial charge on any atom is 0.243 e. The Hall–Kier alpha value is -1.48. The molecule has 0 radical (unpaired) electrons. The van der Waals surface area contributed by atoms with Gasteiger partial charge in [-0.1, -0.05) is 38.5 Å². The van der Waals surface area contributed by atoms with Crippen LogP contribution in [0.15, 0.2) is 35.2 Å². The monoisotopic (exact) mass is 437 g/mol. The third-order valence-corrected chi connectivity index (χ3v) is 7.85. The molecule has 1 aromatic carbocycles. The van der Waals surface area contributed by atoms with Crippen LogP contribution in [0.3, 0.4) is 0 Å². The molecule has 2 saturated heterocycles. The Morgan fingerprint density at radius 1 is 1.13 bits per heavy atom. The summed E-state index contributed by atoms with van der Waals surface area (Å²) in [6.07, 6.45) is 3.18. The van der Waals surface area contributed by atoms with Gasteiger partial charge in [0.1, 0.15) is 6.04 Å². The van der Waals surface area contributed by atoms with E-state index in [1.165, 1.54) is 4.31 Å². The van der Waals surface area contributed by atoms with E-state index in [1.807, 2.05) is 0 Å². The third kappa shape index (κ3) is 5.81. The smallest absolute Gasteiger partial charge is 0.243 e. The fraction of sp³-hybridized carbons (Fsp3) is 0.682. The number of carbonyl (C=O) groups excluding carboxylic acids is 1. The molecular formula is C22H35N3O4S. The van der Waals surface area contributed by atoms with Gasteiger partial charge in [0.2, 0.25) is 15.9 Å². The van der Waals surface area contributed by atoms with Crippen LogP contribution < -0.4 is 5.32 Å². The summed E-state index contributed by atoms with van der Waals surface area (Å²) in [7, 11) is -3.69. The molecule has 0 bridgehead atoms. The summed E-state index contributed by atoms with van der Waals surface area (Å²) in [5, 5.41) is 3.08. The number of hydrogen-bond donors (Lipinski definition) is 1. The van der Waals surface area contributed by atoms with Gasteiger partial charge in [0.05, 0.1) is 18.1 Å². The van der Waals surface area contributed by atoms with Crippen LogP contribution in [0, 0.1) is 5.92 Å². The van der Waals surface area contributed by atoms with Gasteiger partial charge >= 0.3 is 0 Å². The molecule has 0 aromatic heterocycles. The van der Waals surface area contributed by atoms with E-state index >= 15 is 0 Å². The Balaban J connectivity index is 1.68. The molecule has 168 valence electrons. The highest BCUT2D eigenvalue weighted by Crippen LogP contribution is 2.25. The van der Waals surface area contributed by atoms with E-state index < -0.39 is 16.1 Å². The number of rotatable bonds is 8. The molecule has 1 aromatic rings. The van der Waals surface area contributed by atoms with Crippen LogP contribution >= 0.6 is 0 Å². The second kappa shape index (κ2) is 10.7. The number of nitrogens with zero attached hydrogens (tertiary/aromatic N) is 2. The number of hydrogen-bond acceptors (Lipinski definition) is 5. The molecular weight excluding hydrogens is 402 g/mol. The summed E-state index contributed by atoms with van der Waals surface area (Å²) in [6, 6.07) is 8.00. The summed E-state index contributed by atoms with van der Waals surface area (Å²) < 4.78 is 33.2. The van der Waals surface area contributed by atoms with Gasteiger partial charge in [-0.3, -0.25) is 9.69 Å². The van der Waals surface area contributed by atoms with Crippen molar-refractivity contribution < 1.29 is 17.9 Å². The van der Waals surface area contributed by atoms with Crippen LogP contribution in [0.25, 0.3) is 0 Å². The molecule has 0 saturated carbocycles. The Labute approximate surface area is 180 Å². The summed E-state index contributed by atoms with van der Waals surface area (Å²) in [5.74, 6) is 0.329. The highest BCUT2D eigenvalue weighted by molar-refractivity contribution is 7.89. The predicted octanol–water partition coefficient (Wildman–Crippen LogP) is 2.09. The van der Waals surface area contributed by atoms with Gasteiger partial charge in [-0.15, -0.1) is 0 Å². The van der Waals surface area contributed by atoms with Gasteiger partial charge in [0, 0.05) is 32.2 Å². The first-order valence-corrected chi connectivity index (χ1v) is 12.5. The van der Waals surface area contributed by atoms with E-state index in [2.05, 4.69) is 24.1 Å². The number of nitrogens with one attached hydrogen (secondary N) is 1. The third-order valence-electron chi connectivity index (χ3n) is 5.92. The maximum atomic E-state index is 13.2. The maximum absolute atomic E-state index is 13.2. The number of sulfonamides is 1. The van der Waals surface area contributed by atoms with Gasteiger partial charge in [0.15, 0.2) is 0 Å². The van der Waals surface area contributed by atoms with Crippen LogP contribution in [0.4, 0.5) is 0 Å². The van der Waals surface area contributed by atoms with E-state index in [0.29, 0.717) is 38.6 Å². The Morgan fingerprint density at radius 3 is 2.50 bits per heavy atom. The number of benzene rings is 1. The van der Waals surface area contributed by atoms with Crippen molar-refractivity contribution in [2.24, 2.45) is 5.92 Å². The Kier molecular flexibility index (Phi) is 8.27. The average molecular weight is 438 g/mol. The first-order valence-electron chi connectivity index (χ1n) is 11.1. The van der Waals surface area contributed by atoms with Crippen molar-refractivity contribution in [2.75, 3.05) is 39.4 Å². The lowest BCUT2D eigenvalue weighted by atomic mass is 10.0. The summed E-state index contributed by atoms with van der Waals surface area (Å²) in [4.78, 5) is 15.7. The molecule has 2 atom stereocenters. The Bertz CT molecular complexity index is 779. The standard InChI is InChI=1S/C22H35N3O4S/c1-18(2)16-19(24-12-14-29-15-13-24)17-23-22(26)21-10-6-7-11-25(21)30(27,28)20-8-4-3-5-9-20/h3-5,8-9,18-19,21H,6-7,10-17H2,1-2H3,(H,23,26). The second-order valence-electron chi connectivity index (χ2n) is 8.62. The molecule has 0 spiro atoms. The topological polar surface area (TPSA) is 79.0 Å². The van der Waals surface area contributed by atoms with Crippen LogP contribution in [-0.2, 0) is 19.6 Å². The van der Waals surface area contributed by atoms with Crippen molar-refractivity contribution in [3.8, 4) is 0 Å². The fourth-order valence-electron chi connectivity index (χ4n) is 4.37. The van der Waals surface area contributed by atoms with Crippen LogP contribution in [0.1, 0.15) is 39.5 Å². The van der Waals surface area contributed by atoms with Gasteiger partial charge in [-0.2, -0.15) is 4.31 Å². The molecule has 2 fully saturated rings. The number of piperidine rings is 1. The van der Waals surface area contributed by atoms with Crippen LogP contribution in [-0.4, -0.2) is 75.0 Å². The summed E-state index contributed by atoms with van der Waals surface area (Å²) in [6.45, 7) is 8.45. The quantitative estimate of drug-likeness (QED) is 0.674. The van der Waals surface area contributed by atoms with E-state index in [-0.39, 0.29) is 16.8 Å². The minimum absolute atomic E-state index is 0.184. The average Bonchev–Trinajstić information content (AvgIpc) is 2.77. The zero-order valence-corrected chi connectivity index (χ0v) is 18.9. The van der Waals surface area contributed by atoms with E-state index in [9.17, 15) is 13.2 Å². The predicted molar refractivity (Wildman–Crippen MR) is 117 cm³/mol. The van der Waals surface area contributed by atoms with Crippen molar-refractivity contribution in [3.63, 3.8) is 0 Å². The Morgan fingerprint density at radius 2 is 1.83 bits per heavy atom. The molecule has 1 N–H and O–H groups in total. The van der Waals surface area contributed by atoms with E-state index in [1.54, 1.807) is 30.3 Å². The summed E-state index contributed by atoms with van der Waals surface area (Å²) in [5.41, 5.74) is 0. The van der Waals surface area contributed by atoms with E-state index in [4.69, 9.17) is 4.74 Å². The van der Waals surface area contributed by atoms with Crippen molar-refractivity contribution in [3.05, 3.63) is 30.3 Å². The molecule has 7 nitrogen and oxygen atoms in total. The van der Waals surface area contributed by atoms with Crippen LogP contribution in [0.5, 0.6) is 0 Å². The van der Waals surface area contributed by atoms with Gasteiger partial charge in [0.25, 0.3) is 0 Å². The van der Waals surface area contributed by atoms with Gasteiger partial charge in [-0.05, 0) is 37.3 Å².